The highest BCUT2D eigenvalue weighted by Crippen LogP contribution is 2.43. The predicted octanol–water partition coefficient (Wildman–Crippen LogP) is 5.75. The van der Waals surface area contributed by atoms with Gasteiger partial charge in [-0.1, -0.05) is 66.7 Å². The predicted molar refractivity (Wildman–Crippen MR) is 165 cm³/mol. The van der Waals surface area contributed by atoms with Crippen LogP contribution in [0.5, 0.6) is 11.5 Å². The second-order valence-electron chi connectivity index (χ2n) is 11.3. The number of aromatic amines is 1. The van der Waals surface area contributed by atoms with Gasteiger partial charge in [0.25, 0.3) is 12.5 Å². The van der Waals surface area contributed by atoms with Crippen LogP contribution in [0.4, 0.5) is 0 Å². The summed E-state index contributed by atoms with van der Waals surface area (Å²) >= 11 is 0. The van der Waals surface area contributed by atoms with Gasteiger partial charge in [-0.05, 0) is 47.1 Å². The molecule has 0 atom stereocenters. The molecule has 192 valence electrons. The summed E-state index contributed by atoms with van der Waals surface area (Å²) in [5.41, 5.74) is 11.2. The van der Waals surface area contributed by atoms with Gasteiger partial charge in [-0.3, -0.25) is 0 Å². The Morgan fingerprint density at radius 2 is 1.61 bits per heavy atom. The van der Waals surface area contributed by atoms with Crippen molar-refractivity contribution >= 4 is 66.8 Å². The molecular weight excluding hydrogens is 505 g/mol. The highest BCUT2D eigenvalue weighted by atomic mass is 16.5. The minimum Gasteiger partial charge on any atom is -0.454 e. The normalized spacial score (nSPS) is 13.3. The fraction of sp³-hybridized carbons (Fsp3) is 0.0571. The summed E-state index contributed by atoms with van der Waals surface area (Å²) in [6, 6.07) is 30.7. The van der Waals surface area contributed by atoms with Crippen molar-refractivity contribution in [1.29, 1.82) is 0 Å². The molecule has 0 aliphatic carbocycles. The number of hydrogen-bond acceptors (Lipinski definition) is 2. The van der Waals surface area contributed by atoms with Crippen molar-refractivity contribution in [3.8, 4) is 28.6 Å². The Labute approximate surface area is 235 Å². The maximum atomic E-state index is 6.83. The lowest BCUT2D eigenvalue weighted by atomic mass is 9.34. The Hall–Kier alpha value is -5.23. The molecule has 1 N–H and O–H groups in total. The Morgan fingerprint density at radius 3 is 2.51 bits per heavy atom. The molecule has 5 heterocycles. The molecule has 10 rings (SSSR count). The molecule has 0 radical (unpaired) electrons. The summed E-state index contributed by atoms with van der Waals surface area (Å²) in [6.45, 7) is 2.18. The van der Waals surface area contributed by atoms with E-state index in [2.05, 4.69) is 113 Å². The Balaban J connectivity index is 1.32. The second kappa shape index (κ2) is 7.29. The van der Waals surface area contributed by atoms with E-state index >= 15 is 0 Å². The monoisotopic (exact) mass is 528 g/mol. The van der Waals surface area contributed by atoms with Crippen molar-refractivity contribution in [2.75, 3.05) is 0 Å². The van der Waals surface area contributed by atoms with Gasteiger partial charge in [-0.2, -0.15) is 0 Å². The summed E-state index contributed by atoms with van der Waals surface area (Å²) < 4.78 is 18.2. The quantitative estimate of drug-likeness (QED) is 0.218. The molecule has 0 spiro atoms. The zero-order valence-electron chi connectivity index (χ0n) is 22.5. The molecule has 3 aromatic heterocycles. The number of para-hydroxylation sites is 2. The van der Waals surface area contributed by atoms with Gasteiger partial charge in [-0.25, -0.2) is 9.55 Å². The average molecular weight is 528 g/mol. The number of hydrogen-bond donors (Lipinski definition) is 1. The smallest absolute Gasteiger partial charge is 0.290 e. The first-order valence-electron chi connectivity index (χ1n) is 14.0. The summed E-state index contributed by atoms with van der Waals surface area (Å²) in [5, 5.41) is 4.71. The molecule has 5 aromatic carbocycles. The van der Waals surface area contributed by atoms with E-state index in [1.54, 1.807) is 0 Å². The summed E-state index contributed by atoms with van der Waals surface area (Å²) in [5.74, 6) is 2.72. The van der Waals surface area contributed by atoms with E-state index in [9.17, 15) is 0 Å². The van der Waals surface area contributed by atoms with Gasteiger partial charge in [0.15, 0.2) is 16.9 Å². The fourth-order valence-corrected chi connectivity index (χ4v) is 7.50. The van der Waals surface area contributed by atoms with Gasteiger partial charge in [0, 0.05) is 32.7 Å². The largest absolute Gasteiger partial charge is 0.454 e. The first-order chi connectivity index (χ1) is 20.2. The Kier molecular flexibility index (Phi) is 3.84. The molecule has 0 unspecified atom stereocenters. The number of fused-ring (bicyclic) bond motifs is 11. The maximum Gasteiger partial charge on any atom is 0.290 e. The lowest BCUT2D eigenvalue weighted by molar-refractivity contribution is -0.658. The minimum atomic E-state index is 0.0467. The van der Waals surface area contributed by atoms with Crippen LogP contribution >= 0.6 is 0 Å². The number of aromatic nitrogens is 3. The number of H-pyrrole nitrogens is 1. The van der Waals surface area contributed by atoms with Gasteiger partial charge in [0.2, 0.25) is 0 Å². The zero-order valence-corrected chi connectivity index (χ0v) is 22.5. The number of imidazole rings is 1. The van der Waals surface area contributed by atoms with Crippen molar-refractivity contribution in [3.63, 3.8) is 0 Å². The summed E-state index contributed by atoms with van der Waals surface area (Å²) in [4.78, 5) is 3.41. The molecule has 6 heteroatoms. The highest BCUT2D eigenvalue weighted by molar-refractivity contribution is 6.99. The van der Waals surface area contributed by atoms with Crippen LogP contribution in [0.3, 0.4) is 0 Å². The van der Waals surface area contributed by atoms with Gasteiger partial charge in [0.05, 0.1) is 12.6 Å². The number of nitrogens with one attached hydrogen (secondary N) is 1. The molecule has 0 saturated heterocycles. The Morgan fingerprint density at radius 1 is 0.780 bits per heavy atom. The van der Waals surface area contributed by atoms with E-state index in [0.29, 0.717) is 0 Å². The number of aryl methyl sites for hydroxylation is 2. The second-order valence-corrected chi connectivity index (χ2v) is 11.3. The van der Waals surface area contributed by atoms with Crippen LogP contribution < -0.4 is 25.7 Å². The SMILES string of the molecule is Cc1ccc2c(oc3c4c(ccc32)B2c3c(cccc3-n3c5ccccc5c5cccc2c53)O4)c1-c1[nH]cc[n+]1C. The molecule has 0 fully saturated rings. The number of furan rings is 1. The number of nitrogens with zero attached hydrogens (tertiary/aromatic N) is 2. The van der Waals surface area contributed by atoms with E-state index < -0.39 is 0 Å². The number of rotatable bonds is 1. The lowest BCUT2D eigenvalue weighted by Gasteiger charge is -2.33. The van der Waals surface area contributed by atoms with Gasteiger partial charge < -0.3 is 13.7 Å². The third-order valence-electron chi connectivity index (χ3n) is 9.24. The molecule has 41 heavy (non-hydrogen) atoms. The van der Waals surface area contributed by atoms with Crippen molar-refractivity contribution in [3.05, 3.63) is 103 Å². The van der Waals surface area contributed by atoms with E-state index in [-0.39, 0.29) is 6.71 Å². The van der Waals surface area contributed by atoms with Crippen LogP contribution in [0.1, 0.15) is 5.56 Å². The molecule has 5 nitrogen and oxygen atoms in total. The molecule has 8 aromatic rings. The summed E-state index contributed by atoms with van der Waals surface area (Å²) in [7, 11) is 2.05. The van der Waals surface area contributed by atoms with Crippen molar-refractivity contribution in [1.82, 2.24) is 9.55 Å². The van der Waals surface area contributed by atoms with E-state index in [0.717, 1.165) is 55.9 Å². The third-order valence-corrected chi connectivity index (χ3v) is 9.24. The highest BCUT2D eigenvalue weighted by Gasteiger charge is 2.41. The maximum absolute atomic E-state index is 6.83. The molecular formula is C35H23BN3O2+. The Bertz CT molecular complexity index is 2440. The summed E-state index contributed by atoms with van der Waals surface area (Å²) in [6.07, 6.45) is 3.98. The lowest BCUT2D eigenvalue weighted by Crippen LogP contribution is -2.58. The topological polar surface area (TPSA) is 47.0 Å². The zero-order chi connectivity index (χ0) is 27.0. The van der Waals surface area contributed by atoms with E-state index in [1.807, 2.05) is 12.4 Å². The van der Waals surface area contributed by atoms with Crippen LogP contribution in [0, 0.1) is 6.92 Å². The van der Waals surface area contributed by atoms with Crippen LogP contribution in [0.25, 0.3) is 60.8 Å². The molecule has 2 aliphatic rings. The van der Waals surface area contributed by atoms with Crippen molar-refractivity contribution in [2.45, 2.75) is 6.92 Å². The minimum absolute atomic E-state index is 0.0467. The number of benzene rings is 5. The van der Waals surface area contributed by atoms with Gasteiger partial charge in [-0.15, -0.1) is 0 Å². The van der Waals surface area contributed by atoms with Crippen molar-refractivity contribution < 1.29 is 13.7 Å². The van der Waals surface area contributed by atoms with Crippen LogP contribution in [-0.2, 0) is 7.05 Å². The number of ether oxygens (including phenoxy) is 1. The molecule has 2 aliphatic heterocycles. The standard InChI is InChI=1S/C35H22BN3O2/c1-19-13-14-22-23-15-16-25-34(33(23)41-32(22)29(19)35-37-17-18-38(35)2)40-28-12-6-11-27-30(28)36(25)24-9-5-8-21-20-7-3-4-10-26(20)39(27)31(21)24/h3-18H,1-2H3/p+1. The molecule has 0 amide bonds. The van der Waals surface area contributed by atoms with Crippen LogP contribution in [-0.4, -0.2) is 16.3 Å². The average Bonchev–Trinajstić information content (AvgIpc) is 3.69. The van der Waals surface area contributed by atoms with E-state index in [4.69, 9.17) is 9.15 Å². The first kappa shape index (κ1) is 21.6. The first-order valence-corrected chi connectivity index (χ1v) is 14.0. The van der Waals surface area contributed by atoms with Crippen LogP contribution in [0.2, 0.25) is 0 Å². The van der Waals surface area contributed by atoms with Gasteiger partial charge >= 0.3 is 0 Å². The van der Waals surface area contributed by atoms with E-state index in [1.165, 1.54) is 38.4 Å². The fourth-order valence-electron chi connectivity index (χ4n) is 7.50. The van der Waals surface area contributed by atoms with Crippen molar-refractivity contribution in [2.24, 2.45) is 7.05 Å². The molecule has 0 saturated carbocycles. The van der Waals surface area contributed by atoms with Gasteiger partial charge in [0.1, 0.15) is 23.7 Å². The molecule has 0 bridgehead atoms. The third kappa shape index (κ3) is 2.52. The van der Waals surface area contributed by atoms with Crippen LogP contribution in [0.15, 0.2) is 102 Å².